The zero-order valence-corrected chi connectivity index (χ0v) is 13.6. The summed E-state index contributed by atoms with van der Waals surface area (Å²) in [5.41, 5.74) is 0.869. The van der Waals surface area contributed by atoms with Gasteiger partial charge in [-0.05, 0) is 31.9 Å². The van der Waals surface area contributed by atoms with Crippen molar-refractivity contribution in [3.8, 4) is 0 Å². The van der Waals surface area contributed by atoms with Gasteiger partial charge >= 0.3 is 0 Å². The summed E-state index contributed by atoms with van der Waals surface area (Å²) in [5.74, 6) is 0. The molecule has 21 heavy (non-hydrogen) atoms. The minimum atomic E-state index is -3.66. The first-order valence-corrected chi connectivity index (χ1v) is 8.98. The van der Waals surface area contributed by atoms with E-state index in [0.29, 0.717) is 6.42 Å². The fraction of sp³-hybridized carbons (Fsp3) is 0.625. The number of benzene rings is 1. The number of rotatable bonds is 8. The van der Waals surface area contributed by atoms with E-state index in [9.17, 15) is 8.42 Å². The fourth-order valence-corrected chi connectivity index (χ4v) is 3.43. The van der Waals surface area contributed by atoms with Crippen molar-refractivity contribution in [3.05, 3.63) is 29.8 Å². The van der Waals surface area contributed by atoms with Crippen LogP contribution in [0.4, 0.5) is 0 Å². The molecule has 4 nitrogen and oxygen atoms in total. The SMILES string of the molecule is CCCCC1(CCOS(=O)(=O)c2ccc(C)cc2)CCO1. The van der Waals surface area contributed by atoms with E-state index in [1.54, 1.807) is 24.3 Å². The lowest BCUT2D eigenvalue weighted by molar-refractivity contribution is -0.159. The van der Waals surface area contributed by atoms with Crippen LogP contribution in [0.25, 0.3) is 0 Å². The average Bonchev–Trinajstić information content (AvgIpc) is 2.41. The van der Waals surface area contributed by atoms with Crippen molar-refractivity contribution in [2.45, 2.75) is 56.4 Å². The summed E-state index contributed by atoms with van der Waals surface area (Å²) < 4.78 is 35.0. The topological polar surface area (TPSA) is 52.6 Å². The van der Waals surface area contributed by atoms with Gasteiger partial charge in [0.1, 0.15) is 0 Å². The number of hydrogen-bond donors (Lipinski definition) is 0. The molecule has 1 atom stereocenters. The van der Waals surface area contributed by atoms with Gasteiger partial charge in [-0.1, -0.05) is 37.5 Å². The van der Waals surface area contributed by atoms with Crippen molar-refractivity contribution in [2.75, 3.05) is 13.2 Å². The van der Waals surface area contributed by atoms with Crippen LogP contribution >= 0.6 is 0 Å². The third-order valence-corrected chi connectivity index (χ3v) is 5.38. The first kappa shape index (κ1) is 16.5. The molecule has 0 aliphatic carbocycles. The minimum Gasteiger partial charge on any atom is -0.375 e. The number of aryl methyl sites for hydroxylation is 1. The molecule has 0 saturated carbocycles. The van der Waals surface area contributed by atoms with Gasteiger partial charge in [-0.25, -0.2) is 0 Å². The summed E-state index contributed by atoms with van der Waals surface area (Å²) >= 11 is 0. The first-order chi connectivity index (χ1) is 9.97. The third kappa shape index (κ3) is 4.28. The molecule has 2 rings (SSSR count). The van der Waals surface area contributed by atoms with E-state index in [-0.39, 0.29) is 17.1 Å². The predicted molar refractivity (Wildman–Crippen MR) is 81.8 cm³/mol. The molecule has 0 N–H and O–H groups in total. The van der Waals surface area contributed by atoms with Crippen molar-refractivity contribution in [1.82, 2.24) is 0 Å². The normalized spacial score (nSPS) is 22.0. The summed E-state index contributed by atoms with van der Waals surface area (Å²) in [7, 11) is -3.66. The van der Waals surface area contributed by atoms with Crippen molar-refractivity contribution in [2.24, 2.45) is 0 Å². The highest BCUT2D eigenvalue weighted by Crippen LogP contribution is 2.35. The lowest BCUT2D eigenvalue weighted by Gasteiger charge is -2.42. The van der Waals surface area contributed by atoms with Gasteiger partial charge in [0, 0.05) is 6.42 Å². The molecule has 1 aliphatic rings. The maximum Gasteiger partial charge on any atom is 0.296 e. The van der Waals surface area contributed by atoms with Gasteiger partial charge in [-0.3, -0.25) is 4.18 Å². The van der Waals surface area contributed by atoms with E-state index in [2.05, 4.69) is 6.92 Å². The predicted octanol–water partition coefficient (Wildman–Crippen LogP) is 3.44. The molecule has 0 aromatic heterocycles. The molecule has 0 bridgehead atoms. The molecule has 0 radical (unpaired) electrons. The first-order valence-electron chi connectivity index (χ1n) is 7.57. The lowest BCUT2D eigenvalue weighted by atomic mass is 9.86. The standard InChI is InChI=1S/C16H24O4S/c1-3-4-9-16(10-12-19-16)11-13-20-21(17,18)15-7-5-14(2)6-8-15/h5-8H,3-4,9-13H2,1-2H3. The van der Waals surface area contributed by atoms with Crippen LogP contribution in [0.2, 0.25) is 0 Å². The Morgan fingerprint density at radius 2 is 1.90 bits per heavy atom. The Hall–Kier alpha value is -0.910. The molecule has 1 saturated heterocycles. The molecule has 1 heterocycles. The van der Waals surface area contributed by atoms with Crippen LogP contribution in [0.15, 0.2) is 29.2 Å². The Bertz CT molecular complexity index is 544. The van der Waals surface area contributed by atoms with E-state index in [1.165, 1.54) is 0 Å². The molecular formula is C16H24O4S. The Balaban J connectivity index is 1.88. The Labute approximate surface area is 127 Å². The summed E-state index contributed by atoms with van der Waals surface area (Å²) in [6.07, 6.45) is 4.84. The molecule has 1 unspecified atom stereocenters. The maximum atomic E-state index is 12.1. The van der Waals surface area contributed by atoms with Gasteiger partial charge < -0.3 is 4.74 Å². The summed E-state index contributed by atoms with van der Waals surface area (Å²) in [4.78, 5) is 0.213. The molecule has 5 heteroatoms. The highest BCUT2D eigenvalue weighted by Gasteiger charge is 2.37. The second-order valence-electron chi connectivity index (χ2n) is 5.72. The summed E-state index contributed by atoms with van der Waals surface area (Å²) in [5, 5.41) is 0. The molecule has 1 aliphatic heterocycles. The van der Waals surface area contributed by atoms with E-state index in [1.807, 2.05) is 6.92 Å². The van der Waals surface area contributed by atoms with Crippen molar-refractivity contribution < 1.29 is 17.3 Å². The minimum absolute atomic E-state index is 0.154. The number of ether oxygens (including phenoxy) is 1. The van der Waals surface area contributed by atoms with Crippen LogP contribution in [-0.2, 0) is 19.0 Å². The van der Waals surface area contributed by atoms with E-state index in [4.69, 9.17) is 8.92 Å². The Morgan fingerprint density at radius 3 is 2.43 bits per heavy atom. The Morgan fingerprint density at radius 1 is 1.24 bits per heavy atom. The number of hydrogen-bond acceptors (Lipinski definition) is 4. The van der Waals surface area contributed by atoms with Crippen LogP contribution in [0, 0.1) is 6.92 Å². The smallest absolute Gasteiger partial charge is 0.296 e. The second kappa shape index (κ2) is 6.90. The van der Waals surface area contributed by atoms with Crippen molar-refractivity contribution in [1.29, 1.82) is 0 Å². The molecule has 1 fully saturated rings. The van der Waals surface area contributed by atoms with Crippen molar-refractivity contribution >= 4 is 10.1 Å². The van der Waals surface area contributed by atoms with Crippen LogP contribution in [0.5, 0.6) is 0 Å². The molecule has 118 valence electrons. The highest BCUT2D eigenvalue weighted by atomic mass is 32.2. The van der Waals surface area contributed by atoms with E-state index in [0.717, 1.165) is 37.9 Å². The second-order valence-corrected chi connectivity index (χ2v) is 7.34. The van der Waals surface area contributed by atoms with Crippen LogP contribution in [-0.4, -0.2) is 27.2 Å². The van der Waals surface area contributed by atoms with Crippen LogP contribution in [0.1, 0.15) is 44.6 Å². The Kier molecular flexibility index (Phi) is 5.41. The lowest BCUT2D eigenvalue weighted by Crippen LogP contribution is -2.44. The summed E-state index contributed by atoms with van der Waals surface area (Å²) in [6.45, 7) is 5.02. The van der Waals surface area contributed by atoms with Crippen LogP contribution in [0.3, 0.4) is 0 Å². The van der Waals surface area contributed by atoms with Crippen LogP contribution < -0.4 is 0 Å². The third-order valence-electron chi connectivity index (χ3n) is 4.06. The monoisotopic (exact) mass is 312 g/mol. The van der Waals surface area contributed by atoms with Gasteiger partial charge in [0.25, 0.3) is 10.1 Å². The quantitative estimate of drug-likeness (QED) is 0.690. The molecule has 1 aromatic rings. The zero-order valence-electron chi connectivity index (χ0n) is 12.8. The average molecular weight is 312 g/mol. The zero-order chi connectivity index (χ0) is 15.3. The summed E-state index contributed by atoms with van der Waals surface area (Å²) in [6, 6.07) is 6.71. The highest BCUT2D eigenvalue weighted by molar-refractivity contribution is 7.86. The molecule has 0 amide bonds. The van der Waals surface area contributed by atoms with Gasteiger partial charge in [0.15, 0.2) is 0 Å². The largest absolute Gasteiger partial charge is 0.375 e. The van der Waals surface area contributed by atoms with Gasteiger partial charge in [0.05, 0.1) is 23.7 Å². The molecule has 0 spiro atoms. The van der Waals surface area contributed by atoms with E-state index >= 15 is 0 Å². The number of unbranched alkanes of at least 4 members (excludes halogenated alkanes) is 1. The maximum absolute atomic E-state index is 12.1. The van der Waals surface area contributed by atoms with Gasteiger partial charge in [0.2, 0.25) is 0 Å². The van der Waals surface area contributed by atoms with Gasteiger partial charge in [-0.2, -0.15) is 8.42 Å². The fourth-order valence-electron chi connectivity index (χ4n) is 2.52. The van der Waals surface area contributed by atoms with Gasteiger partial charge in [-0.15, -0.1) is 0 Å². The van der Waals surface area contributed by atoms with E-state index < -0.39 is 10.1 Å². The molecular weight excluding hydrogens is 288 g/mol. The van der Waals surface area contributed by atoms with Crippen molar-refractivity contribution in [3.63, 3.8) is 0 Å². The molecule has 1 aromatic carbocycles.